The SMILES string of the molecule is CCO[C@@H]1[C@@H]2C(=O)C(O)(C[C@H](C)[C@@H]2O)/C(C)=C\[C@@H]2[C@H](CC[C@@]1(O)CO)C2(C)C. The monoisotopic (exact) mass is 396 g/mol. The van der Waals surface area contributed by atoms with Crippen molar-refractivity contribution < 1.29 is 30.0 Å². The second-order valence-corrected chi connectivity index (χ2v) is 9.90. The van der Waals surface area contributed by atoms with Crippen molar-refractivity contribution in [3.8, 4) is 0 Å². The van der Waals surface area contributed by atoms with Crippen LogP contribution in [0.3, 0.4) is 0 Å². The molecule has 6 heteroatoms. The normalized spacial score (nSPS) is 50.2. The number of allylic oxidation sites excluding steroid dienone is 1. The number of fused-ring (bicyclic) bond motifs is 3. The van der Waals surface area contributed by atoms with Crippen LogP contribution in [0.15, 0.2) is 11.6 Å². The van der Waals surface area contributed by atoms with Gasteiger partial charge in [0.1, 0.15) is 17.3 Å². The summed E-state index contributed by atoms with van der Waals surface area (Å²) in [5.41, 5.74) is -2.72. The fraction of sp³-hybridized carbons (Fsp3) is 0.864. The van der Waals surface area contributed by atoms with Gasteiger partial charge in [0.15, 0.2) is 5.78 Å². The van der Waals surface area contributed by atoms with E-state index in [-0.39, 0.29) is 36.7 Å². The number of hydrogen-bond donors (Lipinski definition) is 4. The van der Waals surface area contributed by atoms with Crippen LogP contribution in [0.1, 0.15) is 53.9 Å². The van der Waals surface area contributed by atoms with Crippen LogP contribution in [0, 0.1) is 29.1 Å². The molecular formula is C22H36O6. The summed E-state index contributed by atoms with van der Waals surface area (Å²) in [7, 11) is 0. The zero-order valence-corrected chi connectivity index (χ0v) is 17.7. The Morgan fingerprint density at radius 1 is 1.29 bits per heavy atom. The summed E-state index contributed by atoms with van der Waals surface area (Å²) in [6, 6.07) is 0. The molecule has 0 aromatic carbocycles. The molecule has 2 bridgehead atoms. The highest BCUT2D eigenvalue weighted by Gasteiger charge is 2.61. The predicted molar refractivity (Wildman–Crippen MR) is 104 cm³/mol. The van der Waals surface area contributed by atoms with Gasteiger partial charge >= 0.3 is 0 Å². The lowest BCUT2D eigenvalue weighted by atomic mass is 9.63. The second kappa shape index (κ2) is 7.17. The smallest absolute Gasteiger partial charge is 0.176 e. The van der Waals surface area contributed by atoms with E-state index in [2.05, 4.69) is 13.8 Å². The fourth-order valence-corrected chi connectivity index (χ4v) is 5.71. The van der Waals surface area contributed by atoms with Crippen molar-refractivity contribution in [3.05, 3.63) is 11.6 Å². The minimum Gasteiger partial charge on any atom is -0.393 e. The minimum absolute atomic E-state index is 0.0105. The van der Waals surface area contributed by atoms with Gasteiger partial charge in [0.2, 0.25) is 0 Å². The molecule has 3 aliphatic rings. The molecule has 0 saturated heterocycles. The Kier molecular flexibility index (Phi) is 5.61. The van der Waals surface area contributed by atoms with Crippen molar-refractivity contribution in [1.29, 1.82) is 0 Å². The molecule has 1 unspecified atom stereocenters. The maximum Gasteiger partial charge on any atom is 0.176 e. The van der Waals surface area contributed by atoms with Crippen LogP contribution in [0.2, 0.25) is 0 Å². The van der Waals surface area contributed by atoms with Gasteiger partial charge in [-0.1, -0.05) is 26.8 Å². The molecule has 8 atom stereocenters. The van der Waals surface area contributed by atoms with Crippen molar-refractivity contribution >= 4 is 5.78 Å². The van der Waals surface area contributed by atoms with E-state index in [0.29, 0.717) is 17.9 Å². The van der Waals surface area contributed by atoms with E-state index in [4.69, 9.17) is 4.74 Å². The van der Waals surface area contributed by atoms with Crippen LogP contribution in [-0.2, 0) is 9.53 Å². The molecule has 0 aromatic rings. The van der Waals surface area contributed by atoms with Crippen LogP contribution < -0.4 is 0 Å². The molecule has 0 spiro atoms. The molecule has 0 aromatic heterocycles. The van der Waals surface area contributed by atoms with Crippen LogP contribution in [0.25, 0.3) is 0 Å². The molecule has 4 N–H and O–H groups in total. The van der Waals surface area contributed by atoms with Crippen LogP contribution >= 0.6 is 0 Å². The molecule has 2 fully saturated rings. The van der Waals surface area contributed by atoms with Gasteiger partial charge in [-0.15, -0.1) is 0 Å². The van der Waals surface area contributed by atoms with Crippen molar-refractivity contribution in [2.75, 3.05) is 13.2 Å². The van der Waals surface area contributed by atoms with E-state index in [1.54, 1.807) is 20.8 Å². The van der Waals surface area contributed by atoms with Crippen molar-refractivity contribution in [3.63, 3.8) is 0 Å². The Morgan fingerprint density at radius 3 is 2.50 bits per heavy atom. The number of Topliss-reactive ketones (excluding diaryl/α,β-unsaturated/α-hetero) is 1. The fourth-order valence-electron chi connectivity index (χ4n) is 5.71. The summed E-state index contributed by atoms with van der Waals surface area (Å²) in [5.74, 6) is -1.48. The molecule has 0 heterocycles. The summed E-state index contributed by atoms with van der Waals surface area (Å²) in [6.07, 6.45) is 0.970. The van der Waals surface area contributed by atoms with Gasteiger partial charge < -0.3 is 25.2 Å². The average molecular weight is 397 g/mol. The molecular weight excluding hydrogens is 360 g/mol. The maximum atomic E-state index is 13.5. The Hall–Kier alpha value is -0.790. The molecule has 3 aliphatic carbocycles. The molecule has 3 rings (SSSR count). The Labute approximate surface area is 167 Å². The number of ketones is 1. The third kappa shape index (κ3) is 3.18. The van der Waals surface area contributed by atoms with E-state index >= 15 is 0 Å². The molecule has 2 saturated carbocycles. The van der Waals surface area contributed by atoms with Crippen molar-refractivity contribution in [1.82, 2.24) is 0 Å². The van der Waals surface area contributed by atoms with E-state index < -0.39 is 41.7 Å². The van der Waals surface area contributed by atoms with Crippen LogP contribution in [0.4, 0.5) is 0 Å². The number of carbonyl (C=O) groups is 1. The van der Waals surface area contributed by atoms with E-state index in [1.807, 2.05) is 6.08 Å². The van der Waals surface area contributed by atoms with Gasteiger partial charge in [0, 0.05) is 6.61 Å². The quantitative estimate of drug-likeness (QED) is 0.538. The van der Waals surface area contributed by atoms with Gasteiger partial charge in [-0.25, -0.2) is 0 Å². The van der Waals surface area contributed by atoms with Crippen molar-refractivity contribution in [2.24, 2.45) is 29.1 Å². The van der Waals surface area contributed by atoms with Gasteiger partial charge in [-0.2, -0.15) is 0 Å². The zero-order chi connectivity index (χ0) is 21.1. The Balaban J connectivity index is 2.15. The first-order valence-electron chi connectivity index (χ1n) is 10.5. The number of aliphatic hydroxyl groups excluding tert-OH is 2. The lowest BCUT2D eigenvalue weighted by molar-refractivity contribution is -0.197. The molecule has 0 radical (unpaired) electrons. The molecule has 6 nitrogen and oxygen atoms in total. The summed E-state index contributed by atoms with van der Waals surface area (Å²) in [4.78, 5) is 13.5. The number of ether oxygens (including phenoxy) is 1. The second-order valence-electron chi connectivity index (χ2n) is 9.90. The molecule has 160 valence electrons. The third-order valence-corrected chi connectivity index (χ3v) is 7.86. The zero-order valence-electron chi connectivity index (χ0n) is 17.7. The standard InChI is InChI=1S/C22H36O6/c1-6-28-19-16-17(24)12(2)10-22(27,18(16)25)13(3)9-15-14(20(15,4)5)7-8-21(19,26)11-23/h9,12,14-17,19,23-24,26-27H,6-8,10-11H2,1-5H3/b13-9-/t12-,14-,15+,16-,17-,19+,21+,22?/m0/s1. The van der Waals surface area contributed by atoms with Gasteiger partial charge in [0.05, 0.1) is 18.6 Å². The maximum absolute atomic E-state index is 13.5. The van der Waals surface area contributed by atoms with Gasteiger partial charge in [0.25, 0.3) is 0 Å². The molecule has 0 aliphatic heterocycles. The summed E-state index contributed by atoms with van der Waals surface area (Å²) < 4.78 is 5.80. The third-order valence-electron chi connectivity index (χ3n) is 7.86. The number of hydrogen-bond acceptors (Lipinski definition) is 6. The van der Waals surface area contributed by atoms with Gasteiger partial charge in [-0.3, -0.25) is 4.79 Å². The number of rotatable bonds is 3. The van der Waals surface area contributed by atoms with Crippen LogP contribution in [-0.4, -0.2) is 62.8 Å². The lowest BCUT2D eigenvalue weighted by Crippen LogP contribution is -2.64. The highest BCUT2D eigenvalue weighted by atomic mass is 16.5. The Bertz CT molecular complexity index is 657. The lowest BCUT2D eigenvalue weighted by Gasteiger charge is -2.48. The first kappa shape index (κ1) is 21.9. The molecule has 0 amide bonds. The summed E-state index contributed by atoms with van der Waals surface area (Å²) >= 11 is 0. The number of carbonyl (C=O) groups excluding carboxylic acids is 1. The predicted octanol–water partition coefficient (Wildman–Crippen LogP) is 1.44. The summed E-state index contributed by atoms with van der Waals surface area (Å²) in [6.45, 7) is 9.30. The first-order valence-corrected chi connectivity index (χ1v) is 10.5. The van der Waals surface area contributed by atoms with E-state index in [1.165, 1.54) is 0 Å². The topological polar surface area (TPSA) is 107 Å². The summed E-state index contributed by atoms with van der Waals surface area (Å²) in [5, 5.41) is 43.7. The highest BCUT2D eigenvalue weighted by molar-refractivity contribution is 5.94. The highest BCUT2D eigenvalue weighted by Crippen LogP contribution is 2.62. The van der Waals surface area contributed by atoms with Gasteiger partial charge in [-0.05, 0) is 61.9 Å². The average Bonchev–Trinajstić information content (AvgIpc) is 3.15. The van der Waals surface area contributed by atoms with E-state index in [0.717, 1.165) is 0 Å². The number of aliphatic hydroxyl groups is 4. The largest absolute Gasteiger partial charge is 0.393 e. The Morgan fingerprint density at radius 2 is 1.93 bits per heavy atom. The first-order chi connectivity index (χ1) is 12.9. The van der Waals surface area contributed by atoms with Crippen LogP contribution in [0.5, 0.6) is 0 Å². The minimum atomic E-state index is -1.69. The van der Waals surface area contributed by atoms with Crippen molar-refractivity contribution in [2.45, 2.75) is 77.3 Å². The molecule has 28 heavy (non-hydrogen) atoms. The van der Waals surface area contributed by atoms with E-state index in [9.17, 15) is 25.2 Å².